The SMILES string of the molecule is CC(=O)OCC(Oc1ccc(F)c(C(N)=O)c1F)c1nc(-c2ccc(C(F)(F)F)cc2)c(Cl)o1. The molecule has 1 unspecified atom stereocenters. The number of aromatic nitrogens is 1. The molecule has 3 aromatic rings. The molecule has 1 amide bonds. The molecule has 0 spiro atoms. The summed E-state index contributed by atoms with van der Waals surface area (Å²) in [5.41, 5.74) is 3.12. The standard InChI is InChI=1S/C21H14ClF5N2O5/c1-9(30)32-8-14(33-13-7-6-12(23)15(16(13)24)19(28)31)20-29-17(18(22)34-20)10-2-4-11(5-3-10)21(25,26)27/h2-7,14H,8H2,1H3,(H2,28,31). The van der Waals surface area contributed by atoms with Crippen LogP contribution in [0, 0.1) is 11.6 Å². The molecule has 0 saturated carbocycles. The predicted octanol–water partition coefficient (Wildman–Crippen LogP) is 5.07. The van der Waals surface area contributed by atoms with Crippen molar-refractivity contribution in [2.75, 3.05) is 6.61 Å². The number of amides is 1. The Hall–Kier alpha value is -3.67. The van der Waals surface area contributed by atoms with Gasteiger partial charge < -0.3 is 19.6 Å². The summed E-state index contributed by atoms with van der Waals surface area (Å²) in [5.74, 6) is -5.76. The van der Waals surface area contributed by atoms with Crippen molar-refractivity contribution in [3.05, 3.63) is 70.3 Å². The van der Waals surface area contributed by atoms with Crippen molar-refractivity contribution in [1.29, 1.82) is 0 Å². The zero-order valence-corrected chi connectivity index (χ0v) is 17.8. The first-order chi connectivity index (χ1) is 15.9. The topological polar surface area (TPSA) is 105 Å². The summed E-state index contributed by atoms with van der Waals surface area (Å²) in [6.45, 7) is 0.512. The highest BCUT2D eigenvalue weighted by Gasteiger charge is 2.31. The van der Waals surface area contributed by atoms with Crippen LogP contribution in [0.15, 0.2) is 40.8 Å². The zero-order chi connectivity index (χ0) is 25.2. The molecule has 0 radical (unpaired) electrons. The smallest absolute Gasteiger partial charge is 0.416 e. The van der Waals surface area contributed by atoms with Gasteiger partial charge in [-0.2, -0.15) is 13.2 Å². The summed E-state index contributed by atoms with van der Waals surface area (Å²) in [5, 5.41) is -0.344. The molecule has 0 aliphatic carbocycles. The molecule has 2 N–H and O–H groups in total. The van der Waals surface area contributed by atoms with Crippen LogP contribution in [0.3, 0.4) is 0 Å². The van der Waals surface area contributed by atoms with E-state index in [1.54, 1.807) is 0 Å². The van der Waals surface area contributed by atoms with E-state index in [0.29, 0.717) is 0 Å². The number of ether oxygens (including phenoxy) is 2. The van der Waals surface area contributed by atoms with Crippen LogP contribution in [0.4, 0.5) is 22.0 Å². The van der Waals surface area contributed by atoms with Crippen molar-refractivity contribution < 1.29 is 45.4 Å². The van der Waals surface area contributed by atoms with E-state index in [0.717, 1.165) is 43.3 Å². The second-order valence-corrected chi connectivity index (χ2v) is 7.10. The lowest BCUT2D eigenvalue weighted by atomic mass is 10.1. The highest BCUT2D eigenvalue weighted by Crippen LogP contribution is 2.35. The second kappa shape index (κ2) is 9.67. The maximum atomic E-state index is 14.6. The van der Waals surface area contributed by atoms with Gasteiger partial charge in [0.15, 0.2) is 11.6 Å². The quantitative estimate of drug-likeness (QED) is 0.356. The minimum atomic E-state index is -4.55. The summed E-state index contributed by atoms with van der Waals surface area (Å²) in [6, 6.07) is 5.43. The number of oxazole rings is 1. The van der Waals surface area contributed by atoms with Crippen LogP contribution in [0.2, 0.25) is 5.22 Å². The summed E-state index contributed by atoms with van der Waals surface area (Å²) >= 11 is 6.04. The molecule has 0 aliphatic rings. The molecule has 180 valence electrons. The average Bonchev–Trinajstić information content (AvgIpc) is 3.13. The fourth-order valence-corrected chi connectivity index (χ4v) is 3.03. The largest absolute Gasteiger partial charge is 0.474 e. The molecule has 0 bridgehead atoms. The number of hydrogen-bond donors (Lipinski definition) is 1. The fraction of sp³-hybridized carbons (Fsp3) is 0.190. The van der Waals surface area contributed by atoms with Gasteiger partial charge in [-0.05, 0) is 35.9 Å². The number of carbonyl (C=O) groups excluding carboxylic acids is 2. The molecule has 0 fully saturated rings. The lowest BCUT2D eigenvalue weighted by Gasteiger charge is -2.17. The van der Waals surface area contributed by atoms with E-state index in [1.165, 1.54) is 0 Å². The number of halogens is 6. The number of carbonyl (C=O) groups is 2. The third kappa shape index (κ3) is 5.45. The Labute approximate surface area is 193 Å². The van der Waals surface area contributed by atoms with Gasteiger partial charge in [-0.25, -0.2) is 13.8 Å². The van der Waals surface area contributed by atoms with Gasteiger partial charge in [0.25, 0.3) is 5.91 Å². The Morgan fingerprint density at radius 3 is 2.35 bits per heavy atom. The van der Waals surface area contributed by atoms with Gasteiger partial charge in [-0.1, -0.05) is 12.1 Å². The molecule has 0 saturated heterocycles. The van der Waals surface area contributed by atoms with Gasteiger partial charge in [-0.3, -0.25) is 9.59 Å². The summed E-state index contributed by atoms with van der Waals surface area (Å²) in [7, 11) is 0. The van der Waals surface area contributed by atoms with E-state index in [4.69, 9.17) is 31.2 Å². The summed E-state index contributed by atoms with van der Waals surface area (Å²) < 4.78 is 82.3. The maximum Gasteiger partial charge on any atom is 0.416 e. The van der Waals surface area contributed by atoms with Crippen LogP contribution in [0.1, 0.15) is 34.8 Å². The lowest BCUT2D eigenvalue weighted by molar-refractivity contribution is -0.143. The second-order valence-electron chi connectivity index (χ2n) is 6.76. The van der Waals surface area contributed by atoms with Gasteiger partial charge >= 0.3 is 12.1 Å². The van der Waals surface area contributed by atoms with E-state index in [1.807, 2.05) is 0 Å². The van der Waals surface area contributed by atoms with E-state index in [-0.39, 0.29) is 22.4 Å². The number of esters is 1. The number of benzene rings is 2. The van der Waals surface area contributed by atoms with Gasteiger partial charge in [-0.15, -0.1) is 0 Å². The monoisotopic (exact) mass is 504 g/mol. The number of primary amides is 1. The Bertz CT molecular complexity index is 1230. The normalized spacial score (nSPS) is 12.3. The molecule has 1 atom stereocenters. The Balaban J connectivity index is 1.97. The first kappa shape index (κ1) is 25.0. The van der Waals surface area contributed by atoms with Crippen molar-refractivity contribution in [2.24, 2.45) is 5.73 Å². The van der Waals surface area contributed by atoms with E-state index in [9.17, 15) is 31.5 Å². The third-order valence-electron chi connectivity index (χ3n) is 4.37. The summed E-state index contributed by atoms with van der Waals surface area (Å²) in [6.07, 6.45) is -5.99. The number of nitrogens with zero attached hydrogens (tertiary/aromatic N) is 1. The van der Waals surface area contributed by atoms with Gasteiger partial charge in [0.05, 0.1) is 5.56 Å². The van der Waals surface area contributed by atoms with Crippen molar-refractivity contribution in [3.63, 3.8) is 0 Å². The average molecular weight is 505 g/mol. The third-order valence-corrected chi connectivity index (χ3v) is 4.63. The molecule has 0 aliphatic heterocycles. The highest BCUT2D eigenvalue weighted by molar-refractivity contribution is 6.31. The van der Waals surface area contributed by atoms with Crippen molar-refractivity contribution in [1.82, 2.24) is 4.98 Å². The highest BCUT2D eigenvalue weighted by atomic mass is 35.5. The first-order valence-corrected chi connectivity index (χ1v) is 9.68. The predicted molar refractivity (Wildman–Crippen MR) is 107 cm³/mol. The van der Waals surface area contributed by atoms with Crippen molar-refractivity contribution >= 4 is 23.5 Å². The van der Waals surface area contributed by atoms with Gasteiger partial charge in [0.1, 0.15) is 23.7 Å². The fourth-order valence-electron chi connectivity index (χ4n) is 2.80. The van der Waals surface area contributed by atoms with E-state index < -0.39 is 59.3 Å². The molecule has 3 rings (SSSR count). The van der Waals surface area contributed by atoms with Gasteiger partial charge in [0, 0.05) is 12.5 Å². The van der Waals surface area contributed by atoms with Crippen molar-refractivity contribution in [2.45, 2.75) is 19.2 Å². The lowest BCUT2D eigenvalue weighted by Crippen LogP contribution is -2.20. The summed E-state index contributed by atoms with van der Waals surface area (Å²) in [4.78, 5) is 26.7. The molecular weight excluding hydrogens is 491 g/mol. The van der Waals surface area contributed by atoms with Crippen LogP contribution in [0.5, 0.6) is 5.75 Å². The van der Waals surface area contributed by atoms with E-state index >= 15 is 0 Å². The minimum absolute atomic E-state index is 0.0702. The maximum absolute atomic E-state index is 14.6. The van der Waals surface area contributed by atoms with Crippen LogP contribution in [-0.2, 0) is 15.7 Å². The number of rotatable bonds is 7. The number of nitrogens with two attached hydrogens (primary N) is 1. The van der Waals surface area contributed by atoms with Crippen LogP contribution in [0.25, 0.3) is 11.3 Å². The number of hydrogen-bond acceptors (Lipinski definition) is 6. The molecule has 13 heteroatoms. The Kier molecular flexibility index (Phi) is 7.10. The van der Waals surface area contributed by atoms with E-state index in [2.05, 4.69) is 4.98 Å². The molecule has 1 heterocycles. The number of alkyl halides is 3. The first-order valence-electron chi connectivity index (χ1n) is 9.30. The minimum Gasteiger partial charge on any atom is -0.474 e. The van der Waals surface area contributed by atoms with Crippen LogP contribution >= 0.6 is 11.6 Å². The van der Waals surface area contributed by atoms with Crippen LogP contribution < -0.4 is 10.5 Å². The van der Waals surface area contributed by atoms with Crippen LogP contribution in [-0.4, -0.2) is 23.5 Å². The molecule has 1 aromatic heterocycles. The molecule has 7 nitrogen and oxygen atoms in total. The Morgan fingerprint density at radius 2 is 1.79 bits per heavy atom. The molecule has 34 heavy (non-hydrogen) atoms. The zero-order valence-electron chi connectivity index (χ0n) is 17.1. The van der Waals surface area contributed by atoms with Crippen molar-refractivity contribution in [3.8, 4) is 17.0 Å². The molecular formula is C21H14ClF5N2O5. The van der Waals surface area contributed by atoms with Gasteiger partial charge in [0.2, 0.25) is 17.2 Å². The molecule has 2 aromatic carbocycles. The Morgan fingerprint density at radius 1 is 1.15 bits per heavy atom.